The first-order chi connectivity index (χ1) is 10.3. The zero-order chi connectivity index (χ0) is 17.9. The molecule has 0 unspecified atom stereocenters. The van der Waals surface area contributed by atoms with Gasteiger partial charge in [-0.2, -0.15) is 26.3 Å². The lowest BCUT2D eigenvalue weighted by Gasteiger charge is -2.15. The van der Waals surface area contributed by atoms with Crippen LogP contribution < -0.4 is 0 Å². The Morgan fingerprint density at radius 1 is 0.913 bits per heavy atom. The molecule has 0 bridgehead atoms. The van der Waals surface area contributed by atoms with Crippen LogP contribution in [0.2, 0.25) is 6.04 Å². The largest absolute Gasteiger partial charge is 0.495 e. The molecule has 0 aliphatic heterocycles. The molecule has 0 aliphatic carbocycles. The van der Waals surface area contributed by atoms with E-state index in [0.717, 1.165) is 7.11 Å². The van der Waals surface area contributed by atoms with Crippen LogP contribution in [-0.4, -0.2) is 25.5 Å². The normalized spacial score (nSPS) is 13.4. The first kappa shape index (κ1) is 19.9. The number of rotatable bonds is 6. The first-order valence-corrected chi connectivity index (χ1v) is 8.64. The highest BCUT2D eigenvalue weighted by molar-refractivity contribution is 6.57. The Bertz CT molecular complexity index is 495. The molecule has 0 heterocycles. The molecule has 0 aromatic heterocycles. The quantitative estimate of drug-likeness (QED) is 0.462. The Morgan fingerprint density at radius 2 is 1.39 bits per heavy atom. The van der Waals surface area contributed by atoms with Gasteiger partial charge in [-0.1, -0.05) is 0 Å². The van der Waals surface area contributed by atoms with Gasteiger partial charge in [0.1, 0.15) is 0 Å². The lowest BCUT2D eigenvalue weighted by Crippen LogP contribution is -2.37. The van der Waals surface area contributed by atoms with Gasteiger partial charge in [-0.3, -0.25) is 0 Å². The molecule has 0 aliphatic rings. The molecule has 0 atom stereocenters. The van der Waals surface area contributed by atoms with Crippen molar-refractivity contribution in [1.82, 2.24) is 0 Å². The van der Waals surface area contributed by atoms with Crippen molar-refractivity contribution in [1.29, 1.82) is 0 Å². The second-order valence-electron chi connectivity index (χ2n) is 5.07. The summed E-state index contributed by atoms with van der Waals surface area (Å²) < 4.78 is 80.6. The molecule has 2 N–H and O–H groups in total. The van der Waals surface area contributed by atoms with E-state index in [1.54, 1.807) is 0 Å². The predicted molar refractivity (Wildman–Crippen MR) is 71.4 cm³/mol. The van der Waals surface area contributed by atoms with Gasteiger partial charge < -0.3 is 14.0 Å². The molecular weight excluding hydrogens is 346 g/mol. The number of aryl methyl sites for hydroxylation is 1. The number of halogens is 6. The summed E-state index contributed by atoms with van der Waals surface area (Å²) in [5, 5.41) is 0. The Morgan fingerprint density at radius 3 is 1.78 bits per heavy atom. The molecule has 0 saturated carbocycles. The highest BCUT2D eigenvalue weighted by Crippen LogP contribution is 2.36. The number of unbranched alkanes of at least 4 members (excludes halogenated alkanes) is 1. The standard InChI is InChI=1S/C13H16F6O3Si/c1-22-23(20,21)5-3-2-4-9-6-10(12(14,15)16)8-11(7-9)13(17,18)19/h6-8,20-21H,2-5H2,1H3. The Kier molecular flexibility index (Phi) is 6.24. The van der Waals surface area contributed by atoms with Gasteiger partial charge in [0.25, 0.3) is 0 Å². The molecule has 132 valence electrons. The van der Waals surface area contributed by atoms with Crippen LogP contribution in [0, 0.1) is 0 Å². The van der Waals surface area contributed by atoms with E-state index in [0.29, 0.717) is 12.1 Å². The minimum Gasteiger partial charge on any atom is -0.390 e. The van der Waals surface area contributed by atoms with Gasteiger partial charge in [-0.25, -0.2) is 0 Å². The van der Waals surface area contributed by atoms with E-state index in [9.17, 15) is 35.9 Å². The summed E-state index contributed by atoms with van der Waals surface area (Å²) in [6, 6.07) is 1.35. The van der Waals surface area contributed by atoms with Gasteiger partial charge in [-0.05, 0) is 43.0 Å². The zero-order valence-corrected chi connectivity index (χ0v) is 13.1. The summed E-state index contributed by atoms with van der Waals surface area (Å²) in [6.45, 7) is 0. The maximum absolute atomic E-state index is 12.7. The molecule has 1 rings (SSSR count). The van der Waals surface area contributed by atoms with E-state index in [-0.39, 0.29) is 36.9 Å². The average Bonchev–Trinajstić information content (AvgIpc) is 2.41. The van der Waals surface area contributed by atoms with E-state index in [1.807, 2.05) is 0 Å². The fraction of sp³-hybridized carbons (Fsp3) is 0.538. The Hall–Kier alpha value is -1.10. The van der Waals surface area contributed by atoms with Gasteiger partial charge in [0.2, 0.25) is 0 Å². The van der Waals surface area contributed by atoms with Crippen LogP contribution in [0.3, 0.4) is 0 Å². The van der Waals surface area contributed by atoms with E-state index in [1.165, 1.54) is 0 Å². The van der Waals surface area contributed by atoms with Gasteiger partial charge in [0, 0.05) is 13.2 Å². The van der Waals surface area contributed by atoms with Crippen molar-refractivity contribution in [2.45, 2.75) is 37.7 Å². The van der Waals surface area contributed by atoms with Crippen LogP contribution in [-0.2, 0) is 23.2 Å². The summed E-state index contributed by atoms with van der Waals surface area (Å²) in [6.07, 6.45) is -9.36. The average molecular weight is 362 g/mol. The topological polar surface area (TPSA) is 49.7 Å². The summed E-state index contributed by atoms with van der Waals surface area (Å²) in [7, 11) is -2.64. The Labute approximate surface area is 129 Å². The molecule has 10 heteroatoms. The molecule has 1 aromatic carbocycles. The van der Waals surface area contributed by atoms with Gasteiger partial charge in [0.15, 0.2) is 0 Å². The van der Waals surface area contributed by atoms with Crippen LogP contribution in [0.15, 0.2) is 18.2 Å². The third kappa shape index (κ3) is 6.49. The lowest BCUT2D eigenvalue weighted by molar-refractivity contribution is -0.143. The maximum atomic E-state index is 12.7. The molecule has 0 spiro atoms. The minimum absolute atomic E-state index is 0.0405. The van der Waals surface area contributed by atoms with E-state index >= 15 is 0 Å². The predicted octanol–water partition coefficient (Wildman–Crippen LogP) is 3.62. The van der Waals surface area contributed by atoms with Crippen LogP contribution in [0.5, 0.6) is 0 Å². The highest BCUT2D eigenvalue weighted by Gasteiger charge is 2.36. The summed E-state index contributed by atoms with van der Waals surface area (Å²) in [5.74, 6) is 0. The molecule has 23 heavy (non-hydrogen) atoms. The monoisotopic (exact) mass is 362 g/mol. The lowest BCUT2D eigenvalue weighted by atomic mass is 10.0. The fourth-order valence-electron chi connectivity index (χ4n) is 1.95. The van der Waals surface area contributed by atoms with E-state index < -0.39 is 32.3 Å². The molecule has 0 amide bonds. The van der Waals surface area contributed by atoms with Crippen molar-refractivity contribution >= 4 is 8.80 Å². The molecule has 0 radical (unpaired) electrons. The Balaban J connectivity index is 2.86. The highest BCUT2D eigenvalue weighted by atomic mass is 28.4. The third-order valence-electron chi connectivity index (χ3n) is 3.19. The first-order valence-electron chi connectivity index (χ1n) is 6.63. The minimum atomic E-state index is -4.87. The summed E-state index contributed by atoms with van der Waals surface area (Å²) >= 11 is 0. The van der Waals surface area contributed by atoms with E-state index in [4.69, 9.17) is 0 Å². The number of hydrogen-bond acceptors (Lipinski definition) is 3. The molecule has 1 aromatic rings. The van der Waals surface area contributed by atoms with Gasteiger partial charge in [0.05, 0.1) is 11.1 Å². The van der Waals surface area contributed by atoms with Crippen LogP contribution in [0.1, 0.15) is 29.5 Å². The second kappa shape index (κ2) is 7.20. The third-order valence-corrected chi connectivity index (χ3v) is 4.85. The molecule has 3 nitrogen and oxygen atoms in total. The number of alkyl halides is 6. The van der Waals surface area contributed by atoms with Gasteiger partial charge >= 0.3 is 21.2 Å². The van der Waals surface area contributed by atoms with Crippen molar-refractivity contribution in [3.8, 4) is 0 Å². The smallest absolute Gasteiger partial charge is 0.390 e. The van der Waals surface area contributed by atoms with Crippen molar-refractivity contribution in [3.05, 3.63) is 34.9 Å². The van der Waals surface area contributed by atoms with Crippen molar-refractivity contribution < 1.29 is 40.4 Å². The second-order valence-corrected chi connectivity index (χ2v) is 7.46. The SMILES string of the molecule is CO[Si](O)(O)CCCCc1cc(C(F)(F)F)cc(C(F)(F)F)c1. The molecule has 0 saturated heterocycles. The summed E-state index contributed by atoms with van der Waals surface area (Å²) in [5.41, 5.74) is -2.81. The zero-order valence-electron chi connectivity index (χ0n) is 12.1. The molecule has 0 fully saturated rings. The number of benzene rings is 1. The van der Waals surface area contributed by atoms with Gasteiger partial charge in [-0.15, -0.1) is 0 Å². The van der Waals surface area contributed by atoms with Crippen molar-refractivity contribution in [2.75, 3.05) is 7.11 Å². The maximum Gasteiger partial charge on any atom is 0.495 e. The van der Waals surface area contributed by atoms with Crippen molar-refractivity contribution in [3.63, 3.8) is 0 Å². The number of hydrogen-bond donors (Lipinski definition) is 2. The van der Waals surface area contributed by atoms with Crippen molar-refractivity contribution in [2.24, 2.45) is 0 Å². The van der Waals surface area contributed by atoms with E-state index in [2.05, 4.69) is 4.43 Å². The fourth-order valence-corrected chi connectivity index (χ4v) is 2.86. The van der Waals surface area contributed by atoms with Crippen LogP contribution in [0.25, 0.3) is 0 Å². The summed E-state index contributed by atoms with van der Waals surface area (Å²) in [4.78, 5) is 18.6. The van der Waals surface area contributed by atoms with Crippen LogP contribution in [0.4, 0.5) is 26.3 Å². The molecular formula is C13H16F6O3Si. The van der Waals surface area contributed by atoms with Crippen LogP contribution >= 0.6 is 0 Å².